The summed E-state index contributed by atoms with van der Waals surface area (Å²) < 4.78 is 0. The van der Waals surface area contributed by atoms with Crippen LogP contribution in [0.3, 0.4) is 0 Å². The molecule has 4 aromatic carbocycles. The second-order valence-electron chi connectivity index (χ2n) is 8.30. The average molecular weight is 821 g/mol. The van der Waals surface area contributed by atoms with Crippen LogP contribution in [0.25, 0.3) is 0 Å². The summed E-state index contributed by atoms with van der Waals surface area (Å²) in [4.78, 5) is 0. The van der Waals surface area contributed by atoms with Crippen molar-refractivity contribution in [1.29, 1.82) is 0 Å². The minimum absolute atomic E-state index is 0. The first-order valence-corrected chi connectivity index (χ1v) is 14.8. The molecule has 0 fully saturated rings. The Kier molecular flexibility index (Phi) is 18.3. The molecule has 2 aliphatic carbocycles. The van der Waals surface area contributed by atoms with Crippen molar-refractivity contribution in [3.63, 3.8) is 0 Å². The fourth-order valence-electron chi connectivity index (χ4n) is 4.23. The molecule has 206 valence electrons. The Labute approximate surface area is 287 Å². The van der Waals surface area contributed by atoms with Crippen molar-refractivity contribution in [2.75, 3.05) is 0 Å². The van der Waals surface area contributed by atoms with E-state index >= 15 is 0 Å². The molecule has 0 nitrogen and oxygen atoms in total. The number of halogens is 2. The molecule has 40 heavy (non-hydrogen) atoms. The van der Waals surface area contributed by atoms with Crippen molar-refractivity contribution < 1.29 is 71.5 Å². The van der Waals surface area contributed by atoms with E-state index in [9.17, 15) is 0 Å². The van der Waals surface area contributed by atoms with Crippen LogP contribution in [-0.4, -0.2) is 0 Å². The summed E-state index contributed by atoms with van der Waals surface area (Å²) in [6, 6.07) is 43.1. The largest absolute Gasteiger partial charge is 2.00 e. The third-order valence-corrected chi connectivity index (χ3v) is 10.8. The van der Waals surface area contributed by atoms with Crippen molar-refractivity contribution in [3.05, 3.63) is 181 Å². The first-order chi connectivity index (χ1) is 17.9. The van der Waals surface area contributed by atoms with Gasteiger partial charge >= 0.3 is 20.4 Å². The zero-order valence-corrected chi connectivity index (χ0v) is 29.1. The summed E-state index contributed by atoms with van der Waals surface area (Å²) in [5, 5.41) is 8.47. The molecule has 0 aliphatic heterocycles. The van der Waals surface area contributed by atoms with Gasteiger partial charge in [-0.15, -0.1) is 0 Å². The van der Waals surface area contributed by atoms with Gasteiger partial charge in [-0.3, -0.25) is 0 Å². The predicted molar refractivity (Wildman–Crippen MR) is 161 cm³/mol. The van der Waals surface area contributed by atoms with Crippen LogP contribution >= 0.6 is 15.8 Å². The molecule has 0 aromatic heterocycles. The quantitative estimate of drug-likeness (QED) is 0.205. The maximum Gasteiger partial charge on any atom is 2.00 e. The minimum Gasteiger partial charge on any atom is -1.00 e. The zero-order valence-electron chi connectivity index (χ0n) is 21.5. The Morgan fingerprint density at radius 2 is 0.600 bits per heavy atom. The minimum atomic E-state index is -0.409. The molecule has 0 saturated carbocycles. The second kappa shape index (κ2) is 19.9. The monoisotopic (exact) mass is 818 g/mol. The SMILES string of the molecule is [Br-].[Br-].[CH]1C=CC=C1P(c1ccccc1)c1ccccc1.[CH]1C=CC=C1P(c1ccccc1)c1ccccc1.[Fe].[Pd+2]. The fourth-order valence-corrected chi connectivity index (χ4v) is 8.84. The van der Waals surface area contributed by atoms with Crippen LogP contribution in [0.5, 0.6) is 0 Å². The summed E-state index contributed by atoms with van der Waals surface area (Å²) in [7, 11) is -0.818. The van der Waals surface area contributed by atoms with Crippen molar-refractivity contribution in [2.45, 2.75) is 0 Å². The molecule has 2 radical (unpaired) electrons. The smallest absolute Gasteiger partial charge is 1.00 e. The molecule has 0 amide bonds. The second-order valence-corrected chi connectivity index (χ2v) is 12.7. The van der Waals surface area contributed by atoms with E-state index in [0.29, 0.717) is 0 Å². The molecule has 0 N–H and O–H groups in total. The van der Waals surface area contributed by atoms with Gasteiger partial charge in [-0.05, 0) is 47.7 Å². The van der Waals surface area contributed by atoms with Crippen LogP contribution in [-0.2, 0) is 37.5 Å². The van der Waals surface area contributed by atoms with Gasteiger partial charge in [0.15, 0.2) is 0 Å². The van der Waals surface area contributed by atoms with Gasteiger partial charge in [0.1, 0.15) is 0 Å². The maximum atomic E-state index is 2.23. The molecular formula is C34H28Br2FeP2Pd. The molecule has 4 aromatic rings. The third-order valence-electron chi connectivity index (χ3n) is 5.86. The van der Waals surface area contributed by atoms with E-state index in [-0.39, 0.29) is 71.5 Å². The van der Waals surface area contributed by atoms with Crippen molar-refractivity contribution >= 4 is 37.1 Å². The summed E-state index contributed by atoms with van der Waals surface area (Å²) in [5.74, 6) is 0. The number of benzene rings is 4. The first-order valence-electron chi connectivity index (χ1n) is 12.1. The van der Waals surface area contributed by atoms with Crippen LogP contribution in [0.15, 0.2) is 168 Å². The van der Waals surface area contributed by atoms with Crippen LogP contribution < -0.4 is 55.2 Å². The first kappa shape index (κ1) is 36.9. The number of allylic oxidation sites excluding steroid dienone is 8. The van der Waals surface area contributed by atoms with E-state index in [1.165, 1.54) is 31.8 Å². The number of hydrogen-bond acceptors (Lipinski definition) is 0. The van der Waals surface area contributed by atoms with Gasteiger partial charge in [0, 0.05) is 29.9 Å². The third kappa shape index (κ3) is 9.99. The van der Waals surface area contributed by atoms with Crippen molar-refractivity contribution in [1.82, 2.24) is 0 Å². The Bertz CT molecular complexity index is 1190. The Morgan fingerprint density at radius 1 is 0.350 bits per heavy atom. The van der Waals surface area contributed by atoms with Gasteiger partial charge in [0.2, 0.25) is 0 Å². The van der Waals surface area contributed by atoms with E-state index in [2.05, 4.69) is 171 Å². The van der Waals surface area contributed by atoms with Gasteiger partial charge in [-0.2, -0.15) is 0 Å². The summed E-state index contributed by atoms with van der Waals surface area (Å²) >= 11 is 0. The molecule has 2 aliphatic rings. The van der Waals surface area contributed by atoms with Crippen molar-refractivity contribution in [3.8, 4) is 0 Å². The van der Waals surface area contributed by atoms with E-state index in [1.807, 2.05) is 0 Å². The maximum absolute atomic E-state index is 2.23. The Morgan fingerprint density at radius 3 is 0.800 bits per heavy atom. The zero-order chi connectivity index (χ0) is 24.4. The molecule has 0 bridgehead atoms. The topological polar surface area (TPSA) is 0 Å². The average Bonchev–Trinajstić information content (AvgIpc) is 3.68. The van der Waals surface area contributed by atoms with Crippen molar-refractivity contribution in [2.24, 2.45) is 0 Å². The van der Waals surface area contributed by atoms with Crippen LogP contribution in [0.2, 0.25) is 0 Å². The predicted octanol–water partition coefficient (Wildman–Crippen LogP) is 1.56. The van der Waals surface area contributed by atoms with Crippen LogP contribution in [0.1, 0.15) is 0 Å². The summed E-state index contributed by atoms with van der Waals surface area (Å²) in [5.41, 5.74) is 0. The van der Waals surface area contributed by atoms with Gasteiger partial charge in [-0.1, -0.05) is 158 Å². The van der Waals surface area contributed by atoms with E-state index < -0.39 is 15.8 Å². The van der Waals surface area contributed by atoms with E-state index in [4.69, 9.17) is 0 Å². The molecule has 6 rings (SSSR count). The van der Waals surface area contributed by atoms with E-state index in [0.717, 1.165) is 0 Å². The van der Waals surface area contributed by atoms with Gasteiger partial charge in [0.05, 0.1) is 0 Å². The Hall–Kier alpha value is -1.16. The van der Waals surface area contributed by atoms with Gasteiger partial charge in [0.25, 0.3) is 0 Å². The van der Waals surface area contributed by atoms with Gasteiger partial charge < -0.3 is 34.0 Å². The Balaban J connectivity index is 0.000000364. The molecule has 0 spiro atoms. The van der Waals surface area contributed by atoms with Crippen LogP contribution in [0.4, 0.5) is 0 Å². The molecule has 6 heteroatoms. The van der Waals surface area contributed by atoms with E-state index in [1.54, 1.807) is 0 Å². The van der Waals surface area contributed by atoms with Crippen LogP contribution in [0, 0.1) is 12.8 Å². The molecule has 0 heterocycles. The number of hydrogen-bond donors (Lipinski definition) is 0. The molecule has 0 saturated heterocycles. The number of rotatable bonds is 6. The fraction of sp³-hybridized carbons (Fsp3) is 0. The molecule has 0 unspecified atom stereocenters. The summed E-state index contributed by atoms with van der Waals surface area (Å²) in [6.07, 6.45) is 17.4. The molecular weight excluding hydrogens is 792 g/mol. The normalized spacial score (nSPS) is 12.6. The standard InChI is InChI=1S/2C17H14P.2BrH.Fe.Pd/c2*1-3-9-15(10-4-1)18(17-13-7-8-14-17)16-11-5-2-6-12-16;;;;/h2*1-14H;2*1H;;/q;;;;;+2/p-2. The summed E-state index contributed by atoms with van der Waals surface area (Å²) in [6.45, 7) is 0. The van der Waals surface area contributed by atoms with Gasteiger partial charge in [-0.25, -0.2) is 0 Å². The molecule has 0 atom stereocenters.